The summed E-state index contributed by atoms with van der Waals surface area (Å²) in [5, 5.41) is 4.94. The van der Waals surface area contributed by atoms with E-state index in [2.05, 4.69) is 10.6 Å². The first-order valence-electron chi connectivity index (χ1n) is 8.11. The lowest BCUT2D eigenvalue weighted by atomic mass is 10.1. The van der Waals surface area contributed by atoms with Crippen molar-refractivity contribution in [3.63, 3.8) is 0 Å². The molecule has 0 radical (unpaired) electrons. The maximum atomic E-state index is 13.3. The van der Waals surface area contributed by atoms with Crippen molar-refractivity contribution >= 4 is 23.2 Å². The van der Waals surface area contributed by atoms with Gasteiger partial charge in [0, 0.05) is 38.8 Å². The molecule has 2 aromatic rings. The van der Waals surface area contributed by atoms with E-state index in [4.69, 9.17) is 0 Å². The van der Waals surface area contributed by atoms with E-state index in [-0.39, 0.29) is 17.2 Å². The summed E-state index contributed by atoms with van der Waals surface area (Å²) in [5.74, 6) is -0.832. The highest BCUT2D eigenvalue weighted by Crippen LogP contribution is 2.37. The lowest BCUT2D eigenvalue weighted by molar-refractivity contribution is -0.136. The zero-order chi connectivity index (χ0) is 20.2. The second kappa shape index (κ2) is 8.11. The molecule has 0 heterocycles. The number of nitrogens with zero attached hydrogens (tertiary/aromatic N) is 1. The highest BCUT2D eigenvalue weighted by Gasteiger charge is 2.34. The van der Waals surface area contributed by atoms with E-state index >= 15 is 0 Å². The van der Waals surface area contributed by atoms with Crippen LogP contribution in [0.15, 0.2) is 42.5 Å². The summed E-state index contributed by atoms with van der Waals surface area (Å²) in [7, 11) is 3.27. The predicted molar refractivity (Wildman–Crippen MR) is 97.7 cm³/mol. The highest BCUT2D eigenvalue weighted by atomic mass is 19.4. The summed E-state index contributed by atoms with van der Waals surface area (Å²) < 4.78 is 40.0. The molecule has 2 N–H and O–H groups in total. The third-order valence-corrected chi connectivity index (χ3v) is 3.83. The molecule has 0 aliphatic rings. The van der Waals surface area contributed by atoms with E-state index in [0.717, 1.165) is 11.6 Å². The smallest absolute Gasteiger partial charge is 0.378 e. The zero-order valence-electron chi connectivity index (χ0n) is 15.1. The van der Waals surface area contributed by atoms with Gasteiger partial charge in [0.05, 0.1) is 11.3 Å². The first-order valence-corrected chi connectivity index (χ1v) is 8.11. The van der Waals surface area contributed by atoms with Crippen LogP contribution in [0, 0.1) is 0 Å². The van der Waals surface area contributed by atoms with Crippen LogP contribution in [0.5, 0.6) is 0 Å². The van der Waals surface area contributed by atoms with E-state index in [1.165, 1.54) is 31.2 Å². The van der Waals surface area contributed by atoms with Crippen LogP contribution in [0.2, 0.25) is 0 Å². The second-order valence-corrected chi connectivity index (χ2v) is 6.18. The Kier molecular flexibility index (Phi) is 6.09. The third kappa shape index (κ3) is 5.47. The van der Waals surface area contributed by atoms with Gasteiger partial charge in [-0.05, 0) is 35.9 Å². The van der Waals surface area contributed by atoms with Crippen molar-refractivity contribution < 1.29 is 22.8 Å². The van der Waals surface area contributed by atoms with Crippen molar-refractivity contribution in [2.45, 2.75) is 19.6 Å². The number of halogens is 3. The minimum absolute atomic E-state index is 0.183. The van der Waals surface area contributed by atoms with Crippen LogP contribution in [-0.4, -0.2) is 25.9 Å². The Morgan fingerprint density at radius 3 is 2.19 bits per heavy atom. The van der Waals surface area contributed by atoms with Gasteiger partial charge in [0.25, 0.3) is 5.91 Å². The van der Waals surface area contributed by atoms with E-state index in [1.54, 1.807) is 31.1 Å². The molecule has 0 fully saturated rings. The van der Waals surface area contributed by atoms with E-state index in [0.29, 0.717) is 12.2 Å². The molecule has 0 bridgehead atoms. The Labute approximate surface area is 155 Å². The van der Waals surface area contributed by atoms with Crippen LogP contribution in [0.25, 0.3) is 0 Å². The normalized spacial score (nSPS) is 11.0. The largest absolute Gasteiger partial charge is 0.418 e. The molecule has 0 aliphatic carbocycles. The van der Waals surface area contributed by atoms with Gasteiger partial charge in [0.15, 0.2) is 0 Å². The molecule has 0 saturated carbocycles. The highest BCUT2D eigenvalue weighted by molar-refractivity contribution is 6.04. The zero-order valence-corrected chi connectivity index (χ0v) is 15.1. The van der Waals surface area contributed by atoms with Crippen LogP contribution in [-0.2, 0) is 17.5 Å². The van der Waals surface area contributed by atoms with Gasteiger partial charge in [-0.15, -0.1) is 0 Å². The van der Waals surface area contributed by atoms with Crippen molar-refractivity contribution in [1.82, 2.24) is 5.32 Å². The average molecular weight is 379 g/mol. The number of hydrogen-bond acceptors (Lipinski definition) is 3. The maximum Gasteiger partial charge on any atom is 0.418 e. The monoisotopic (exact) mass is 379 g/mol. The summed E-state index contributed by atoms with van der Waals surface area (Å²) >= 11 is 0. The summed E-state index contributed by atoms with van der Waals surface area (Å²) in [4.78, 5) is 24.8. The number of alkyl halides is 3. The quantitative estimate of drug-likeness (QED) is 0.834. The first kappa shape index (κ1) is 20.3. The van der Waals surface area contributed by atoms with Crippen LogP contribution in [0.3, 0.4) is 0 Å². The van der Waals surface area contributed by atoms with Crippen molar-refractivity contribution in [3.8, 4) is 0 Å². The molecule has 0 saturated heterocycles. The fourth-order valence-electron chi connectivity index (χ4n) is 2.35. The number of carbonyl (C=O) groups is 2. The molecule has 0 aromatic heterocycles. The molecule has 0 aliphatic heterocycles. The van der Waals surface area contributed by atoms with Gasteiger partial charge in [-0.2, -0.15) is 13.2 Å². The number of rotatable bonds is 5. The number of nitrogens with one attached hydrogen (secondary N) is 2. The van der Waals surface area contributed by atoms with Crippen molar-refractivity contribution in [2.24, 2.45) is 0 Å². The summed E-state index contributed by atoms with van der Waals surface area (Å²) in [6, 6.07) is 9.98. The van der Waals surface area contributed by atoms with Crippen LogP contribution in [0.1, 0.15) is 28.4 Å². The fraction of sp³-hybridized carbons (Fsp3) is 0.263. The number of benzene rings is 2. The number of hydrogen-bond donors (Lipinski definition) is 2. The Morgan fingerprint density at radius 1 is 1.04 bits per heavy atom. The van der Waals surface area contributed by atoms with Gasteiger partial charge in [0.1, 0.15) is 0 Å². The van der Waals surface area contributed by atoms with Crippen molar-refractivity contribution in [1.29, 1.82) is 0 Å². The second-order valence-electron chi connectivity index (χ2n) is 6.18. The Morgan fingerprint density at radius 2 is 1.67 bits per heavy atom. The van der Waals surface area contributed by atoms with E-state index < -0.39 is 17.6 Å². The predicted octanol–water partition coefficient (Wildman–Crippen LogP) is 3.66. The molecule has 5 nitrogen and oxygen atoms in total. The number of anilines is 2. The minimum Gasteiger partial charge on any atom is -0.378 e. The first-order chi connectivity index (χ1) is 12.6. The Hall–Kier alpha value is -3.03. The van der Waals surface area contributed by atoms with Gasteiger partial charge in [-0.25, -0.2) is 0 Å². The molecule has 0 spiro atoms. The van der Waals surface area contributed by atoms with Gasteiger partial charge in [-0.3, -0.25) is 9.59 Å². The Balaban J connectivity index is 2.21. The summed E-state index contributed by atoms with van der Waals surface area (Å²) in [6.07, 6.45) is -4.60. The fourth-order valence-corrected chi connectivity index (χ4v) is 2.35. The standard InChI is InChI=1S/C19H20F3N3O2/c1-12(26)23-11-13-4-6-14(7-5-13)18(27)24-17-9-8-15(25(2)3)10-16(17)19(20,21)22/h4-10H,11H2,1-3H3,(H,23,26)(H,24,27). The van der Waals surface area contributed by atoms with Gasteiger partial charge >= 0.3 is 6.18 Å². The molecular formula is C19H20F3N3O2. The number of carbonyl (C=O) groups excluding carboxylic acids is 2. The summed E-state index contributed by atoms with van der Waals surface area (Å²) in [6.45, 7) is 1.70. The van der Waals surface area contributed by atoms with Crippen LogP contribution >= 0.6 is 0 Å². The minimum atomic E-state index is -4.60. The van der Waals surface area contributed by atoms with Gasteiger partial charge in [0.2, 0.25) is 5.91 Å². The number of amides is 2. The topological polar surface area (TPSA) is 61.4 Å². The van der Waals surface area contributed by atoms with Crippen LogP contribution in [0.4, 0.5) is 24.5 Å². The van der Waals surface area contributed by atoms with Crippen molar-refractivity contribution in [3.05, 3.63) is 59.2 Å². The average Bonchev–Trinajstić information content (AvgIpc) is 2.59. The molecule has 0 unspecified atom stereocenters. The third-order valence-electron chi connectivity index (χ3n) is 3.83. The molecule has 144 valence electrons. The Bertz CT molecular complexity index is 831. The van der Waals surface area contributed by atoms with E-state index in [9.17, 15) is 22.8 Å². The van der Waals surface area contributed by atoms with Crippen LogP contribution < -0.4 is 15.5 Å². The molecule has 2 amide bonds. The summed E-state index contributed by atoms with van der Waals surface area (Å²) in [5.41, 5.74) is 0.145. The lowest BCUT2D eigenvalue weighted by Gasteiger charge is -2.18. The molecule has 2 aromatic carbocycles. The van der Waals surface area contributed by atoms with Gasteiger partial charge < -0.3 is 15.5 Å². The molecule has 2 rings (SSSR count). The van der Waals surface area contributed by atoms with Gasteiger partial charge in [-0.1, -0.05) is 12.1 Å². The molecular weight excluding hydrogens is 359 g/mol. The maximum absolute atomic E-state index is 13.3. The molecule has 8 heteroatoms. The molecule has 0 atom stereocenters. The lowest BCUT2D eigenvalue weighted by Crippen LogP contribution is -2.19. The SMILES string of the molecule is CC(=O)NCc1ccc(C(=O)Nc2ccc(N(C)C)cc2C(F)(F)F)cc1. The van der Waals surface area contributed by atoms with E-state index in [1.807, 2.05) is 0 Å². The van der Waals surface area contributed by atoms with Crippen molar-refractivity contribution in [2.75, 3.05) is 24.3 Å². The molecule has 27 heavy (non-hydrogen) atoms.